The van der Waals surface area contributed by atoms with Gasteiger partial charge in [0.15, 0.2) is 0 Å². The van der Waals surface area contributed by atoms with Gasteiger partial charge in [0.2, 0.25) is 0 Å². The summed E-state index contributed by atoms with van der Waals surface area (Å²) < 4.78 is 5.49. The third-order valence-electron chi connectivity index (χ3n) is 3.80. The second-order valence-electron chi connectivity index (χ2n) is 5.52. The van der Waals surface area contributed by atoms with Crippen molar-refractivity contribution in [1.82, 2.24) is 0 Å². The molecule has 2 N–H and O–H groups in total. The zero-order chi connectivity index (χ0) is 15.4. The monoisotopic (exact) mass is 292 g/mol. The fourth-order valence-electron chi connectivity index (χ4n) is 2.67. The average molecular weight is 292 g/mol. The number of esters is 1. The average Bonchev–Trinajstić information content (AvgIpc) is 2.69. The molecular weight excluding hydrogens is 272 g/mol. The van der Waals surface area contributed by atoms with Crippen LogP contribution in [0, 0.1) is 17.0 Å². The lowest BCUT2D eigenvalue weighted by Gasteiger charge is -2.16. The molecule has 0 aromatic heterocycles. The van der Waals surface area contributed by atoms with Crippen molar-refractivity contribution in [3.63, 3.8) is 0 Å². The Morgan fingerprint density at radius 2 is 1.90 bits per heavy atom. The van der Waals surface area contributed by atoms with E-state index < -0.39 is 10.9 Å². The molecule has 2 rings (SSSR count). The van der Waals surface area contributed by atoms with Gasteiger partial charge in [0, 0.05) is 6.07 Å². The largest absolute Gasteiger partial charge is 0.459 e. The minimum absolute atomic E-state index is 0.0888. The van der Waals surface area contributed by atoms with Gasteiger partial charge in [-0.3, -0.25) is 10.1 Å². The van der Waals surface area contributed by atoms with Gasteiger partial charge in [0.1, 0.15) is 11.8 Å². The Kier molecular flexibility index (Phi) is 4.77. The Morgan fingerprint density at radius 1 is 1.29 bits per heavy atom. The molecule has 0 heterocycles. The van der Waals surface area contributed by atoms with E-state index >= 15 is 0 Å². The van der Waals surface area contributed by atoms with Crippen molar-refractivity contribution < 1.29 is 14.5 Å². The van der Waals surface area contributed by atoms with E-state index in [1.807, 2.05) is 0 Å². The van der Waals surface area contributed by atoms with Crippen LogP contribution in [0.3, 0.4) is 0 Å². The number of aryl methyl sites for hydroxylation is 1. The summed E-state index contributed by atoms with van der Waals surface area (Å²) in [5.74, 6) is -0.564. The van der Waals surface area contributed by atoms with Gasteiger partial charge in [-0.2, -0.15) is 0 Å². The van der Waals surface area contributed by atoms with Gasteiger partial charge in [-0.15, -0.1) is 0 Å². The Balaban J connectivity index is 2.20. The van der Waals surface area contributed by atoms with Crippen molar-refractivity contribution in [2.45, 2.75) is 51.6 Å². The summed E-state index contributed by atoms with van der Waals surface area (Å²) >= 11 is 0. The van der Waals surface area contributed by atoms with Gasteiger partial charge in [-0.1, -0.05) is 12.8 Å². The van der Waals surface area contributed by atoms with Crippen LogP contribution in [-0.4, -0.2) is 17.0 Å². The van der Waals surface area contributed by atoms with Crippen LogP contribution in [0.4, 0.5) is 11.4 Å². The van der Waals surface area contributed by atoms with E-state index in [9.17, 15) is 14.9 Å². The minimum atomic E-state index is -0.579. The number of anilines is 1. The van der Waals surface area contributed by atoms with Crippen LogP contribution in [0.25, 0.3) is 0 Å². The van der Waals surface area contributed by atoms with E-state index in [1.165, 1.54) is 6.07 Å². The van der Waals surface area contributed by atoms with Crippen LogP contribution in [-0.2, 0) is 4.74 Å². The number of hydrogen-bond acceptors (Lipinski definition) is 5. The molecule has 0 saturated heterocycles. The van der Waals surface area contributed by atoms with Crippen LogP contribution < -0.4 is 5.73 Å². The first-order valence-electron chi connectivity index (χ1n) is 7.24. The first-order valence-corrected chi connectivity index (χ1v) is 7.24. The first-order chi connectivity index (χ1) is 9.99. The second-order valence-corrected chi connectivity index (χ2v) is 5.52. The number of nitrogens with zero attached hydrogens (tertiary/aromatic N) is 1. The zero-order valence-corrected chi connectivity index (χ0v) is 12.1. The number of carbonyl (C=O) groups excluding carboxylic acids is 1. The Labute approximate surface area is 123 Å². The maximum atomic E-state index is 12.2. The fourth-order valence-corrected chi connectivity index (χ4v) is 2.67. The van der Waals surface area contributed by atoms with Crippen molar-refractivity contribution in [2.24, 2.45) is 0 Å². The molecule has 1 saturated carbocycles. The van der Waals surface area contributed by atoms with Gasteiger partial charge >= 0.3 is 5.97 Å². The Bertz CT molecular complexity index is 549. The molecule has 0 atom stereocenters. The zero-order valence-electron chi connectivity index (χ0n) is 12.1. The van der Waals surface area contributed by atoms with Crippen molar-refractivity contribution in [3.05, 3.63) is 33.4 Å². The lowest BCUT2D eigenvalue weighted by atomic mass is 10.1. The fraction of sp³-hybridized carbons (Fsp3) is 0.533. The number of ether oxygens (including phenoxy) is 1. The molecule has 1 aliphatic carbocycles. The van der Waals surface area contributed by atoms with Gasteiger partial charge in [0.05, 0.1) is 10.5 Å². The van der Waals surface area contributed by atoms with Crippen molar-refractivity contribution >= 4 is 17.3 Å². The number of nitrogen functional groups attached to an aromatic ring is 1. The molecule has 0 bridgehead atoms. The third-order valence-corrected chi connectivity index (χ3v) is 3.80. The molecule has 114 valence electrons. The molecule has 0 amide bonds. The highest BCUT2D eigenvalue weighted by Crippen LogP contribution is 2.29. The van der Waals surface area contributed by atoms with Crippen molar-refractivity contribution in [2.75, 3.05) is 5.73 Å². The molecule has 1 fully saturated rings. The standard InChI is InChI=1S/C15H20N2O4/c1-10-8-12(14(16)13(9-10)17(19)20)15(18)21-11-6-4-2-3-5-7-11/h8-9,11H,2-7,16H2,1H3. The summed E-state index contributed by atoms with van der Waals surface area (Å²) in [4.78, 5) is 22.6. The van der Waals surface area contributed by atoms with Crippen LogP contribution in [0.5, 0.6) is 0 Å². The van der Waals surface area contributed by atoms with Crippen LogP contribution in [0.15, 0.2) is 12.1 Å². The number of hydrogen-bond donors (Lipinski definition) is 1. The highest BCUT2D eigenvalue weighted by Gasteiger charge is 2.24. The van der Waals surface area contributed by atoms with Gasteiger partial charge in [0.25, 0.3) is 5.69 Å². The lowest BCUT2D eigenvalue weighted by Crippen LogP contribution is -2.19. The summed E-state index contributed by atoms with van der Waals surface area (Å²) in [6.45, 7) is 1.69. The van der Waals surface area contributed by atoms with Crippen molar-refractivity contribution in [1.29, 1.82) is 0 Å². The van der Waals surface area contributed by atoms with E-state index in [1.54, 1.807) is 13.0 Å². The van der Waals surface area contributed by atoms with E-state index in [0.717, 1.165) is 38.5 Å². The molecule has 6 nitrogen and oxygen atoms in total. The summed E-state index contributed by atoms with van der Waals surface area (Å²) in [6.07, 6.45) is 5.99. The van der Waals surface area contributed by atoms with E-state index in [0.29, 0.717) is 5.56 Å². The van der Waals surface area contributed by atoms with E-state index in [-0.39, 0.29) is 23.0 Å². The normalized spacial score (nSPS) is 16.2. The molecule has 0 spiro atoms. The molecule has 0 unspecified atom stereocenters. The molecule has 1 aliphatic rings. The second kappa shape index (κ2) is 6.56. The summed E-state index contributed by atoms with van der Waals surface area (Å²) in [5.41, 5.74) is 6.08. The molecule has 0 aliphatic heterocycles. The van der Waals surface area contributed by atoms with Crippen LogP contribution >= 0.6 is 0 Å². The number of nitro benzene ring substituents is 1. The first kappa shape index (κ1) is 15.3. The van der Waals surface area contributed by atoms with Gasteiger partial charge in [-0.25, -0.2) is 4.79 Å². The molecule has 0 radical (unpaired) electrons. The van der Waals surface area contributed by atoms with Crippen LogP contribution in [0.2, 0.25) is 0 Å². The Hall–Kier alpha value is -2.11. The van der Waals surface area contributed by atoms with Gasteiger partial charge < -0.3 is 10.5 Å². The highest BCUT2D eigenvalue weighted by atomic mass is 16.6. The molecule has 6 heteroatoms. The Morgan fingerprint density at radius 3 is 2.48 bits per heavy atom. The SMILES string of the molecule is Cc1cc(C(=O)OC2CCCCCC2)c(N)c([N+](=O)[O-])c1. The van der Waals surface area contributed by atoms with E-state index in [4.69, 9.17) is 10.5 Å². The number of nitro groups is 1. The predicted octanol–water partition coefficient (Wildman–Crippen LogP) is 3.37. The topological polar surface area (TPSA) is 95.5 Å². The summed E-state index contributed by atoms with van der Waals surface area (Å²) in [6, 6.07) is 2.90. The molecule has 1 aromatic rings. The third kappa shape index (κ3) is 3.71. The smallest absolute Gasteiger partial charge is 0.340 e. The number of rotatable bonds is 3. The maximum absolute atomic E-state index is 12.2. The molecular formula is C15H20N2O4. The van der Waals surface area contributed by atoms with E-state index in [2.05, 4.69) is 0 Å². The van der Waals surface area contributed by atoms with Crippen molar-refractivity contribution in [3.8, 4) is 0 Å². The number of carbonyl (C=O) groups is 1. The minimum Gasteiger partial charge on any atom is -0.459 e. The number of benzene rings is 1. The van der Waals surface area contributed by atoms with Gasteiger partial charge in [-0.05, 0) is 44.2 Å². The summed E-state index contributed by atoms with van der Waals surface area (Å²) in [7, 11) is 0. The quantitative estimate of drug-likeness (QED) is 0.303. The highest BCUT2D eigenvalue weighted by molar-refractivity contribution is 5.97. The number of nitrogens with two attached hydrogens (primary N) is 1. The maximum Gasteiger partial charge on any atom is 0.340 e. The predicted molar refractivity (Wildman–Crippen MR) is 79.2 cm³/mol. The van der Waals surface area contributed by atoms with Crippen LogP contribution in [0.1, 0.15) is 54.4 Å². The summed E-state index contributed by atoms with van der Waals surface area (Å²) in [5, 5.41) is 11.0. The lowest BCUT2D eigenvalue weighted by molar-refractivity contribution is -0.384. The molecule has 1 aromatic carbocycles. The molecule has 21 heavy (non-hydrogen) atoms.